The Morgan fingerprint density at radius 2 is 1.93 bits per heavy atom. The van der Waals surface area contributed by atoms with Gasteiger partial charge < -0.3 is 19.7 Å². The number of amides is 1. The Bertz CT molecular complexity index is 1490. The number of carbonyl (C=O) groups is 1. The van der Waals surface area contributed by atoms with Gasteiger partial charge in [0.05, 0.1) is 39.7 Å². The lowest BCUT2D eigenvalue weighted by Crippen LogP contribution is -2.59. The fourth-order valence-corrected chi connectivity index (χ4v) is 6.66. The van der Waals surface area contributed by atoms with Crippen molar-refractivity contribution in [3.63, 3.8) is 0 Å². The number of rotatable bonds is 6. The number of halogens is 4. The van der Waals surface area contributed by atoms with E-state index in [1.54, 1.807) is 68.9 Å². The number of anilines is 1. The van der Waals surface area contributed by atoms with Crippen LogP contribution in [0.5, 0.6) is 0 Å². The molecule has 1 aromatic carbocycles. The van der Waals surface area contributed by atoms with Gasteiger partial charge in [0.15, 0.2) is 0 Å². The van der Waals surface area contributed by atoms with Gasteiger partial charge in [0.2, 0.25) is 0 Å². The van der Waals surface area contributed by atoms with E-state index in [-0.39, 0.29) is 47.1 Å². The zero-order valence-electron chi connectivity index (χ0n) is 23.8. The second-order valence-corrected chi connectivity index (χ2v) is 12.7. The Kier molecular flexibility index (Phi) is 9.34. The number of pyridine rings is 1. The zero-order valence-corrected chi connectivity index (χ0v) is 25.4. The average molecular weight is 628 g/mol. The monoisotopic (exact) mass is 627 g/mol. The van der Waals surface area contributed by atoms with Gasteiger partial charge >= 0.3 is 18.0 Å². The second-order valence-electron chi connectivity index (χ2n) is 11.3. The molecule has 2 aromatic heterocycles. The van der Waals surface area contributed by atoms with Crippen LogP contribution in [0.1, 0.15) is 51.7 Å². The Morgan fingerprint density at radius 1 is 1.26 bits per heavy atom. The smallest absolute Gasteiger partial charge is 0.417 e. The molecule has 228 valence electrons. The molecule has 1 saturated heterocycles. The van der Waals surface area contributed by atoms with Gasteiger partial charge in [0.25, 0.3) is 0 Å². The third-order valence-electron chi connectivity index (χ3n) is 6.83. The summed E-state index contributed by atoms with van der Waals surface area (Å²) in [5, 5.41) is 9.51. The molecule has 4 rings (SSSR count). The summed E-state index contributed by atoms with van der Waals surface area (Å²) < 4.78 is 48.3. The Morgan fingerprint density at radius 3 is 2.48 bits per heavy atom. The number of H-pyrrole nitrogens is 1. The number of fused-ring (bicyclic) bond motifs is 1. The van der Waals surface area contributed by atoms with Crippen LogP contribution in [-0.4, -0.2) is 74.2 Å². The highest BCUT2D eigenvalue weighted by Crippen LogP contribution is 2.45. The summed E-state index contributed by atoms with van der Waals surface area (Å²) in [7, 11) is 0. The summed E-state index contributed by atoms with van der Waals surface area (Å²) >= 11 is 7.36. The van der Waals surface area contributed by atoms with E-state index in [2.05, 4.69) is 15.0 Å². The summed E-state index contributed by atoms with van der Waals surface area (Å²) in [4.78, 5) is 39.7. The number of aromatic amines is 1. The van der Waals surface area contributed by atoms with Crippen molar-refractivity contribution in [2.24, 2.45) is 0 Å². The lowest BCUT2D eigenvalue weighted by Gasteiger charge is -2.45. The first-order valence-electron chi connectivity index (χ1n) is 13.3. The minimum Gasteiger partial charge on any atom is -0.444 e. The first-order valence-corrected chi connectivity index (χ1v) is 14.7. The summed E-state index contributed by atoms with van der Waals surface area (Å²) in [6.45, 7) is 9.03. The van der Waals surface area contributed by atoms with Crippen molar-refractivity contribution in [3.8, 4) is 0 Å². The van der Waals surface area contributed by atoms with Crippen LogP contribution >= 0.6 is 23.4 Å². The van der Waals surface area contributed by atoms with E-state index >= 15 is 0 Å². The molecule has 3 atom stereocenters. The molecule has 0 spiro atoms. The van der Waals surface area contributed by atoms with Crippen molar-refractivity contribution in [2.75, 3.05) is 30.3 Å². The molecule has 1 fully saturated rings. The highest BCUT2D eigenvalue weighted by molar-refractivity contribution is 7.99. The normalized spacial score (nSPS) is 18.8. The third-order valence-corrected chi connectivity index (χ3v) is 8.61. The molecule has 1 aliphatic rings. The van der Waals surface area contributed by atoms with Crippen LogP contribution in [0.3, 0.4) is 0 Å². The molecule has 3 heterocycles. The fourth-order valence-electron chi connectivity index (χ4n) is 5.03. The Hall–Kier alpha value is -3.03. The topological polar surface area (TPSA) is 112 Å². The zero-order chi connectivity index (χ0) is 31.0. The quantitative estimate of drug-likeness (QED) is 0.335. The van der Waals surface area contributed by atoms with Crippen LogP contribution in [0.2, 0.25) is 5.02 Å². The Labute approximate surface area is 250 Å². The first-order chi connectivity index (χ1) is 19.6. The molecule has 3 unspecified atom stereocenters. The number of alkyl halides is 3. The molecule has 1 amide bonds. The van der Waals surface area contributed by atoms with Crippen molar-refractivity contribution in [1.29, 1.82) is 0 Å². The predicted octanol–water partition coefficient (Wildman–Crippen LogP) is 5.69. The molecule has 42 heavy (non-hydrogen) atoms. The highest BCUT2D eigenvalue weighted by Gasteiger charge is 2.39. The number of nitrogens with one attached hydrogen (secondary N) is 1. The number of piperazine rings is 1. The molecule has 0 bridgehead atoms. The number of nitrogens with zero attached hydrogens (tertiary/aromatic N) is 4. The number of benzene rings is 1. The number of hydrogen-bond donors (Lipinski definition) is 2. The molecule has 0 aliphatic carbocycles. The van der Waals surface area contributed by atoms with Crippen molar-refractivity contribution < 1.29 is 27.8 Å². The van der Waals surface area contributed by atoms with Crippen LogP contribution in [0, 0.1) is 0 Å². The van der Waals surface area contributed by atoms with Crippen LogP contribution in [0.25, 0.3) is 10.9 Å². The maximum absolute atomic E-state index is 14.2. The molecular formula is C28H33ClF3N5O4S. The molecular weight excluding hydrogens is 595 g/mol. The van der Waals surface area contributed by atoms with Gasteiger partial charge in [-0.25, -0.2) is 9.59 Å². The number of aliphatic hydroxyl groups is 1. The van der Waals surface area contributed by atoms with Gasteiger partial charge in [0, 0.05) is 42.5 Å². The average Bonchev–Trinajstić information content (AvgIpc) is 2.88. The molecule has 3 aromatic rings. The van der Waals surface area contributed by atoms with Gasteiger partial charge in [0.1, 0.15) is 11.4 Å². The van der Waals surface area contributed by atoms with E-state index in [4.69, 9.17) is 16.3 Å². The number of hydrogen-bond acceptors (Lipinski definition) is 8. The summed E-state index contributed by atoms with van der Waals surface area (Å²) in [5.41, 5.74) is -1.70. The summed E-state index contributed by atoms with van der Waals surface area (Å²) in [5.74, 6) is -0.216. The van der Waals surface area contributed by atoms with Crippen LogP contribution in [-0.2, 0) is 10.9 Å². The minimum absolute atomic E-state index is 0.0260. The van der Waals surface area contributed by atoms with Crippen molar-refractivity contribution in [3.05, 3.63) is 57.2 Å². The lowest BCUT2D eigenvalue weighted by molar-refractivity contribution is -0.137. The molecule has 9 nitrogen and oxygen atoms in total. The van der Waals surface area contributed by atoms with Crippen LogP contribution in [0.15, 0.2) is 40.3 Å². The van der Waals surface area contributed by atoms with Gasteiger partial charge in [-0.3, -0.25) is 9.88 Å². The molecule has 0 saturated carbocycles. The molecule has 0 radical (unpaired) electrons. The number of aliphatic hydroxyl groups excluding tert-OH is 1. The second kappa shape index (κ2) is 12.3. The Balaban J connectivity index is 1.77. The van der Waals surface area contributed by atoms with E-state index in [1.165, 1.54) is 0 Å². The van der Waals surface area contributed by atoms with E-state index in [9.17, 15) is 27.9 Å². The standard InChI is InChI=1S/C28H33ClF3N5O4S/c1-15-11-36(12-16(2)37(15)26(40)41-27(3,4)5)24-19-9-20(28(30,31)32)21(29)23(22(19)34-25(39)35-24)42-14-18(13-38)17-7-6-8-33-10-17/h6-10,15-16,18,38H,11-14H2,1-5H3,(H,34,35,39). The van der Waals surface area contributed by atoms with Gasteiger partial charge in [-0.05, 0) is 52.3 Å². The molecule has 1 aliphatic heterocycles. The number of ether oxygens (including phenoxy) is 1. The fraction of sp³-hybridized carbons (Fsp3) is 0.500. The summed E-state index contributed by atoms with van der Waals surface area (Å²) in [6, 6.07) is 3.58. The van der Waals surface area contributed by atoms with E-state index in [0.29, 0.717) is 5.56 Å². The van der Waals surface area contributed by atoms with E-state index in [1.807, 2.05) is 0 Å². The van der Waals surface area contributed by atoms with E-state index < -0.39 is 52.1 Å². The van der Waals surface area contributed by atoms with E-state index in [0.717, 1.165) is 17.8 Å². The molecule has 2 N–H and O–H groups in total. The van der Waals surface area contributed by atoms with Crippen molar-refractivity contribution >= 4 is 46.2 Å². The van der Waals surface area contributed by atoms with Crippen LogP contribution in [0.4, 0.5) is 23.8 Å². The first kappa shape index (κ1) is 31.9. The van der Waals surface area contributed by atoms with Gasteiger partial charge in [-0.2, -0.15) is 18.2 Å². The lowest BCUT2D eigenvalue weighted by atomic mass is 10.0. The van der Waals surface area contributed by atoms with Crippen LogP contribution < -0.4 is 10.6 Å². The summed E-state index contributed by atoms with van der Waals surface area (Å²) in [6.07, 6.45) is -2.13. The SMILES string of the molecule is CC1CN(c2nc(=O)[nH]c3c(SCC(CO)c4cccnc4)c(Cl)c(C(F)(F)F)cc23)CC(C)N1C(=O)OC(C)(C)C. The minimum atomic E-state index is -4.79. The number of thioether (sulfide) groups is 1. The number of aromatic nitrogens is 3. The highest BCUT2D eigenvalue weighted by atomic mass is 35.5. The maximum atomic E-state index is 14.2. The number of carbonyl (C=O) groups excluding carboxylic acids is 1. The molecule has 14 heteroatoms. The van der Waals surface area contributed by atoms with Crippen molar-refractivity contribution in [1.82, 2.24) is 19.9 Å². The maximum Gasteiger partial charge on any atom is 0.417 e. The predicted molar refractivity (Wildman–Crippen MR) is 156 cm³/mol. The van der Waals surface area contributed by atoms with Gasteiger partial charge in [-0.15, -0.1) is 11.8 Å². The van der Waals surface area contributed by atoms with Gasteiger partial charge in [-0.1, -0.05) is 17.7 Å². The van der Waals surface area contributed by atoms with Crippen molar-refractivity contribution in [2.45, 2.75) is 69.3 Å². The third kappa shape index (κ3) is 6.95. The largest absolute Gasteiger partial charge is 0.444 e.